The zero-order chi connectivity index (χ0) is 23.5. The fraction of sp³-hybridized carbons (Fsp3) is 0.160. The molecule has 2 N–H and O–H groups in total. The van der Waals surface area contributed by atoms with E-state index in [-0.39, 0.29) is 15.7 Å². The zero-order valence-corrected chi connectivity index (χ0v) is 20.3. The molecule has 0 fully saturated rings. The third-order valence-electron chi connectivity index (χ3n) is 5.39. The Morgan fingerprint density at radius 2 is 1.85 bits per heavy atom. The number of fused-ring (bicyclic) bond motifs is 1. The number of halogens is 2. The highest BCUT2D eigenvalue weighted by molar-refractivity contribution is 7.80. The SMILES string of the molecule is CC[C@H](C)c1ccc2oc(-c3ccc(NC(=S)NC(=O)c4ccc(Cl)cc4Cl)cc3)nc2c1. The summed E-state index contributed by atoms with van der Waals surface area (Å²) in [6.07, 6.45) is 1.07. The molecule has 0 bridgehead atoms. The number of hydrogen-bond donors (Lipinski definition) is 2. The van der Waals surface area contributed by atoms with E-state index in [4.69, 9.17) is 39.8 Å². The van der Waals surface area contributed by atoms with Gasteiger partial charge in [0.25, 0.3) is 5.91 Å². The number of aromatic nitrogens is 1. The van der Waals surface area contributed by atoms with Crippen LogP contribution in [0, 0.1) is 0 Å². The van der Waals surface area contributed by atoms with E-state index in [1.54, 1.807) is 12.1 Å². The molecule has 0 saturated heterocycles. The molecule has 1 heterocycles. The van der Waals surface area contributed by atoms with E-state index in [1.165, 1.54) is 11.6 Å². The minimum absolute atomic E-state index is 0.151. The smallest absolute Gasteiger partial charge is 0.258 e. The summed E-state index contributed by atoms with van der Waals surface area (Å²) in [6, 6.07) is 18.2. The molecule has 5 nitrogen and oxygen atoms in total. The van der Waals surface area contributed by atoms with E-state index in [2.05, 4.69) is 41.6 Å². The second-order valence-electron chi connectivity index (χ2n) is 7.67. The normalized spacial score (nSPS) is 11.9. The lowest BCUT2D eigenvalue weighted by molar-refractivity contribution is 0.0978. The molecular weight excluding hydrogens is 477 g/mol. The van der Waals surface area contributed by atoms with Crippen LogP contribution in [-0.4, -0.2) is 16.0 Å². The first-order chi connectivity index (χ1) is 15.8. The summed E-state index contributed by atoms with van der Waals surface area (Å²) in [7, 11) is 0. The lowest BCUT2D eigenvalue weighted by atomic mass is 9.98. The number of anilines is 1. The van der Waals surface area contributed by atoms with Gasteiger partial charge in [-0.3, -0.25) is 10.1 Å². The molecular formula is C25H21Cl2N3O2S. The molecule has 1 atom stereocenters. The summed E-state index contributed by atoms with van der Waals surface area (Å²) in [5.74, 6) is 0.597. The van der Waals surface area contributed by atoms with Crippen molar-refractivity contribution in [2.45, 2.75) is 26.2 Å². The minimum Gasteiger partial charge on any atom is -0.436 e. The fourth-order valence-electron chi connectivity index (χ4n) is 3.31. The number of benzene rings is 3. The maximum Gasteiger partial charge on any atom is 0.258 e. The second-order valence-corrected chi connectivity index (χ2v) is 8.92. The molecule has 4 rings (SSSR count). The van der Waals surface area contributed by atoms with E-state index in [9.17, 15) is 4.79 Å². The van der Waals surface area contributed by atoms with Gasteiger partial charge < -0.3 is 9.73 Å². The van der Waals surface area contributed by atoms with Crippen molar-refractivity contribution in [2.75, 3.05) is 5.32 Å². The minimum atomic E-state index is -0.422. The van der Waals surface area contributed by atoms with Gasteiger partial charge in [-0.2, -0.15) is 0 Å². The van der Waals surface area contributed by atoms with Crippen LogP contribution in [0.1, 0.15) is 42.1 Å². The van der Waals surface area contributed by atoms with Crippen molar-refractivity contribution in [3.8, 4) is 11.5 Å². The van der Waals surface area contributed by atoms with E-state index in [1.807, 2.05) is 30.3 Å². The third-order valence-corrected chi connectivity index (χ3v) is 6.14. The Hall–Kier alpha value is -2.93. The average molecular weight is 498 g/mol. The molecule has 8 heteroatoms. The monoisotopic (exact) mass is 497 g/mol. The van der Waals surface area contributed by atoms with Gasteiger partial charge in [-0.15, -0.1) is 0 Å². The van der Waals surface area contributed by atoms with Crippen LogP contribution in [0.2, 0.25) is 10.0 Å². The van der Waals surface area contributed by atoms with Crippen LogP contribution < -0.4 is 10.6 Å². The predicted octanol–water partition coefficient (Wildman–Crippen LogP) is 7.44. The van der Waals surface area contributed by atoms with Gasteiger partial charge in [0.1, 0.15) is 5.52 Å². The molecule has 3 aromatic carbocycles. The number of amides is 1. The maximum absolute atomic E-state index is 12.4. The molecule has 0 aliphatic heterocycles. The number of nitrogens with zero attached hydrogens (tertiary/aromatic N) is 1. The van der Waals surface area contributed by atoms with Crippen LogP contribution in [0.3, 0.4) is 0 Å². The Morgan fingerprint density at radius 3 is 2.55 bits per heavy atom. The van der Waals surface area contributed by atoms with Gasteiger partial charge in [-0.05, 0) is 84.7 Å². The van der Waals surface area contributed by atoms with Crippen LogP contribution in [0.15, 0.2) is 65.1 Å². The highest BCUT2D eigenvalue weighted by Crippen LogP contribution is 2.28. The Labute approximate surface area is 207 Å². The standard InChI is InChI=1S/C25H21Cl2N3O2S/c1-3-14(2)16-6-11-22-21(12-16)29-24(32-22)15-4-8-18(9-5-15)28-25(33)30-23(31)19-10-7-17(26)13-20(19)27/h4-14H,3H2,1-2H3,(H2,28,30,31,33)/t14-/m0/s1. The topological polar surface area (TPSA) is 67.2 Å². The van der Waals surface area contributed by atoms with Gasteiger partial charge in [0.05, 0.1) is 10.6 Å². The number of rotatable bonds is 5. The van der Waals surface area contributed by atoms with Gasteiger partial charge >= 0.3 is 0 Å². The van der Waals surface area contributed by atoms with Crippen LogP contribution >= 0.6 is 35.4 Å². The van der Waals surface area contributed by atoms with Crippen LogP contribution in [0.5, 0.6) is 0 Å². The van der Waals surface area contributed by atoms with Crippen LogP contribution in [0.4, 0.5) is 5.69 Å². The van der Waals surface area contributed by atoms with Crippen LogP contribution in [-0.2, 0) is 0 Å². The molecule has 168 valence electrons. The molecule has 0 unspecified atom stereocenters. The predicted molar refractivity (Wildman–Crippen MR) is 138 cm³/mol. The van der Waals surface area contributed by atoms with E-state index in [0.29, 0.717) is 22.5 Å². The van der Waals surface area contributed by atoms with E-state index >= 15 is 0 Å². The molecule has 33 heavy (non-hydrogen) atoms. The summed E-state index contributed by atoms with van der Waals surface area (Å²) in [6.45, 7) is 4.37. The Bertz CT molecular complexity index is 1340. The van der Waals surface area contributed by atoms with Gasteiger partial charge in [0.15, 0.2) is 10.7 Å². The van der Waals surface area contributed by atoms with Crippen molar-refractivity contribution >= 4 is 63.2 Å². The highest BCUT2D eigenvalue weighted by Gasteiger charge is 2.13. The second kappa shape index (κ2) is 9.91. The first-order valence-corrected chi connectivity index (χ1v) is 11.6. The number of carbonyl (C=O) groups is 1. The van der Waals surface area contributed by atoms with Crippen LogP contribution in [0.25, 0.3) is 22.6 Å². The molecule has 0 radical (unpaired) electrons. The lowest BCUT2D eigenvalue weighted by Crippen LogP contribution is -2.34. The third kappa shape index (κ3) is 5.36. The van der Waals surface area contributed by atoms with Crippen molar-refractivity contribution in [1.29, 1.82) is 0 Å². The van der Waals surface area contributed by atoms with Gasteiger partial charge in [-0.1, -0.05) is 43.1 Å². The maximum atomic E-state index is 12.4. The first kappa shape index (κ1) is 23.2. The Morgan fingerprint density at radius 1 is 1.09 bits per heavy atom. The number of thiocarbonyl (C=S) groups is 1. The molecule has 1 aromatic heterocycles. The largest absolute Gasteiger partial charge is 0.436 e. The van der Waals surface area contributed by atoms with E-state index in [0.717, 1.165) is 23.1 Å². The lowest BCUT2D eigenvalue weighted by Gasteiger charge is -2.10. The first-order valence-electron chi connectivity index (χ1n) is 10.4. The van der Waals surface area contributed by atoms with Gasteiger partial charge in [0.2, 0.25) is 5.89 Å². The fourth-order valence-corrected chi connectivity index (χ4v) is 4.02. The Kier molecular flexibility index (Phi) is 6.98. The summed E-state index contributed by atoms with van der Waals surface area (Å²) >= 11 is 17.2. The summed E-state index contributed by atoms with van der Waals surface area (Å²) in [5.41, 5.74) is 4.68. The van der Waals surface area contributed by atoms with Gasteiger partial charge in [0, 0.05) is 16.3 Å². The molecule has 4 aromatic rings. The van der Waals surface area contributed by atoms with Gasteiger partial charge in [-0.25, -0.2) is 4.98 Å². The molecule has 0 spiro atoms. The number of carbonyl (C=O) groups excluding carboxylic acids is 1. The zero-order valence-electron chi connectivity index (χ0n) is 18.0. The van der Waals surface area contributed by atoms with E-state index < -0.39 is 5.91 Å². The van der Waals surface area contributed by atoms with Crippen molar-refractivity contribution < 1.29 is 9.21 Å². The molecule has 0 saturated carbocycles. The molecule has 0 aliphatic carbocycles. The Balaban J connectivity index is 1.43. The summed E-state index contributed by atoms with van der Waals surface area (Å²) in [5, 5.41) is 6.45. The number of oxazole rings is 1. The quantitative estimate of drug-likeness (QED) is 0.280. The van der Waals surface area contributed by atoms with Crippen molar-refractivity contribution in [1.82, 2.24) is 10.3 Å². The van der Waals surface area contributed by atoms with Crippen molar-refractivity contribution in [3.05, 3.63) is 81.8 Å². The number of nitrogens with one attached hydrogen (secondary N) is 2. The van der Waals surface area contributed by atoms with Crippen molar-refractivity contribution in [3.63, 3.8) is 0 Å². The molecule has 0 aliphatic rings. The summed E-state index contributed by atoms with van der Waals surface area (Å²) < 4.78 is 5.93. The average Bonchev–Trinajstić information content (AvgIpc) is 3.22. The highest BCUT2D eigenvalue weighted by atomic mass is 35.5. The molecule has 1 amide bonds. The summed E-state index contributed by atoms with van der Waals surface area (Å²) in [4.78, 5) is 17.0. The number of hydrogen-bond acceptors (Lipinski definition) is 4. The van der Waals surface area contributed by atoms with Crippen molar-refractivity contribution in [2.24, 2.45) is 0 Å².